The molecule has 0 aromatic heterocycles. The molecule has 2 atom stereocenters. The van der Waals surface area contributed by atoms with Gasteiger partial charge in [0.25, 0.3) is 0 Å². The summed E-state index contributed by atoms with van der Waals surface area (Å²) in [6, 6.07) is 2.87. The lowest BCUT2D eigenvalue weighted by atomic mass is 9.84. The zero-order valence-electron chi connectivity index (χ0n) is 10.2. The van der Waals surface area contributed by atoms with Crippen molar-refractivity contribution in [1.29, 1.82) is 0 Å². The molecule has 1 aliphatic rings. The van der Waals surface area contributed by atoms with E-state index in [0.29, 0.717) is 16.6 Å². The predicted molar refractivity (Wildman–Crippen MR) is 74.2 cm³/mol. The fourth-order valence-electron chi connectivity index (χ4n) is 2.31. The maximum atomic E-state index is 14.1. The summed E-state index contributed by atoms with van der Waals surface area (Å²) in [6.07, 6.45) is 2.92. The molecule has 0 amide bonds. The molecule has 0 spiro atoms. The van der Waals surface area contributed by atoms with Gasteiger partial charge in [-0.05, 0) is 48.2 Å². The van der Waals surface area contributed by atoms with E-state index in [0.717, 1.165) is 19.3 Å². The van der Waals surface area contributed by atoms with E-state index in [1.54, 1.807) is 12.1 Å². The molecule has 2 nitrogen and oxygen atoms in total. The fraction of sp³-hybridized carbons (Fsp3) is 0.538. The minimum atomic E-state index is -0.518. The molecule has 1 aromatic rings. The quantitative estimate of drug-likeness (QED) is 0.822. The van der Waals surface area contributed by atoms with Crippen LogP contribution in [-0.4, -0.2) is 12.2 Å². The summed E-state index contributed by atoms with van der Waals surface area (Å²) in [5.41, 5.74) is 6.08. The molecular weight excluding hydrogens is 321 g/mol. The van der Waals surface area contributed by atoms with Gasteiger partial charge in [-0.25, -0.2) is 4.39 Å². The number of benzene rings is 1. The minimum Gasteiger partial charge on any atom is -0.373 e. The summed E-state index contributed by atoms with van der Waals surface area (Å²) in [4.78, 5) is 0. The Morgan fingerprint density at radius 1 is 1.50 bits per heavy atom. The first kappa shape index (κ1) is 14.3. The van der Waals surface area contributed by atoms with Crippen molar-refractivity contribution in [2.75, 3.05) is 6.61 Å². The highest BCUT2D eigenvalue weighted by atomic mass is 79.9. The van der Waals surface area contributed by atoms with E-state index in [4.69, 9.17) is 22.1 Å². The van der Waals surface area contributed by atoms with Crippen LogP contribution in [0, 0.1) is 5.82 Å². The van der Waals surface area contributed by atoms with Gasteiger partial charge in [-0.1, -0.05) is 17.7 Å². The molecule has 100 valence electrons. The third kappa shape index (κ3) is 2.57. The highest BCUT2D eigenvalue weighted by molar-refractivity contribution is 9.10. The van der Waals surface area contributed by atoms with Crippen molar-refractivity contribution >= 4 is 27.5 Å². The van der Waals surface area contributed by atoms with E-state index in [-0.39, 0.29) is 5.02 Å². The highest BCUT2D eigenvalue weighted by Crippen LogP contribution is 2.38. The van der Waals surface area contributed by atoms with Gasteiger partial charge in [0.1, 0.15) is 5.82 Å². The van der Waals surface area contributed by atoms with Crippen LogP contribution < -0.4 is 5.73 Å². The number of hydrogen-bond acceptors (Lipinski definition) is 2. The molecule has 2 unspecified atom stereocenters. The van der Waals surface area contributed by atoms with Gasteiger partial charge in [-0.15, -0.1) is 0 Å². The monoisotopic (exact) mass is 335 g/mol. The van der Waals surface area contributed by atoms with Gasteiger partial charge in [0, 0.05) is 16.6 Å². The fourth-order valence-corrected chi connectivity index (χ4v) is 2.79. The molecule has 1 aromatic carbocycles. The van der Waals surface area contributed by atoms with E-state index in [2.05, 4.69) is 15.9 Å². The topological polar surface area (TPSA) is 35.2 Å². The van der Waals surface area contributed by atoms with Crippen LogP contribution in [0.1, 0.15) is 37.8 Å². The van der Waals surface area contributed by atoms with Crippen LogP contribution in [0.3, 0.4) is 0 Å². The summed E-state index contributed by atoms with van der Waals surface area (Å²) >= 11 is 9.09. The van der Waals surface area contributed by atoms with Crippen LogP contribution in [-0.2, 0) is 4.74 Å². The van der Waals surface area contributed by atoms with Gasteiger partial charge >= 0.3 is 0 Å². The van der Waals surface area contributed by atoms with E-state index in [9.17, 15) is 4.39 Å². The molecule has 1 fully saturated rings. The van der Waals surface area contributed by atoms with Crippen molar-refractivity contribution in [1.82, 2.24) is 0 Å². The molecule has 2 N–H and O–H groups in total. The average Bonchev–Trinajstić information content (AvgIpc) is 2.36. The lowest BCUT2D eigenvalue weighted by Gasteiger charge is -2.39. The molecule has 1 heterocycles. The van der Waals surface area contributed by atoms with Crippen LogP contribution in [0.4, 0.5) is 4.39 Å². The van der Waals surface area contributed by atoms with Gasteiger partial charge in [0.15, 0.2) is 0 Å². The van der Waals surface area contributed by atoms with Crippen molar-refractivity contribution in [2.24, 2.45) is 5.73 Å². The Balaban J connectivity index is 2.33. The number of hydrogen-bond donors (Lipinski definition) is 1. The van der Waals surface area contributed by atoms with Gasteiger partial charge in [-0.3, -0.25) is 0 Å². The molecule has 5 heteroatoms. The zero-order chi connectivity index (χ0) is 13.3. The van der Waals surface area contributed by atoms with Crippen LogP contribution >= 0.6 is 27.5 Å². The van der Waals surface area contributed by atoms with E-state index in [1.165, 1.54) is 0 Å². The normalized spacial score (nSPS) is 26.1. The number of ether oxygens (including phenoxy) is 1. The lowest BCUT2D eigenvalue weighted by Crippen LogP contribution is -2.43. The smallest absolute Gasteiger partial charge is 0.147 e. The van der Waals surface area contributed by atoms with Crippen LogP contribution in [0.5, 0.6) is 0 Å². The van der Waals surface area contributed by atoms with Crippen LogP contribution in [0.15, 0.2) is 16.6 Å². The molecule has 0 aliphatic carbocycles. The lowest BCUT2D eigenvalue weighted by molar-refractivity contribution is -0.0826. The third-order valence-corrected chi connectivity index (χ3v) is 4.82. The largest absolute Gasteiger partial charge is 0.373 e. The first-order valence-corrected chi connectivity index (χ1v) is 7.16. The molecule has 0 bridgehead atoms. The van der Waals surface area contributed by atoms with E-state index in [1.807, 2.05) is 6.92 Å². The van der Waals surface area contributed by atoms with Crippen molar-refractivity contribution in [3.05, 3.63) is 33.0 Å². The second kappa shape index (κ2) is 5.45. The van der Waals surface area contributed by atoms with E-state index >= 15 is 0 Å². The Kier molecular flexibility index (Phi) is 4.32. The molecule has 0 saturated carbocycles. The number of nitrogens with two attached hydrogens (primary N) is 1. The summed E-state index contributed by atoms with van der Waals surface area (Å²) in [6.45, 7) is 2.61. The summed E-state index contributed by atoms with van der Waals surface area (Å²) in [7, 11) is 0. The van der Waals surface area contributed by atoms with Gasteiger partial charge in [-0.2, -0.15) is 0 Å². The zero-order valence-corrected chi connectivity index (χ0v) is 12.5. The second-order valence-electron chi connectivity index (χ2n) is 4.86. The molecular formula is C13H16BrClFNO. The van der Waals surface area contributed by atoms with Gasteiger partial charge < -0.3 is 10.5 Å². The van der Waals surface area contributed by atoms with E-state index < -0.39 is 17.5 Å². The number of rotatable bonds is 2. The van der Waals surface area contributed by atoms with Crippen LogP contribution in [0.25, 0.3) is 0 Å². The molecule has 2 rings (SSSR count). The predicted octanol–water partition coefficient (Wildman–Crippen LogP) is 4.20. The SMILES string of the molecule is CC1(C(N)c2ccc(Br)c(Cl)c2F)CCCCO1. The first-order chi connectivity index (χ1) is 8.46. The van der Waals surface area contributed by atoms with Crippen molar-refractivity contribution < 1.29 is 9.13 Å². The second-order valence-corrected chi connectivity index (χ2v) is 6.09. The van der Waals surface area contributed by atoms with Gasteiger partial charge in [0.05, 0.1) is 16.7 Å². The Bertz CT molecular complexity index is 449. The molecule has 1 aliphatic heterocycles. The first-order valence-electron chi connectivity index (χ1n) is 5.98. The van der Waals surface area contributed by atoms with Crippen LogP contribution in [0.2, 0.25) is 5.02 Å². The summed E-state index contributed by atoms with van der Waals surface area (Å²) in [5, 5.41) is 0.0716. The van der Waals surface area contributed by atoms with Gasteiger partial charge in [0.2, 0.25) is 0 Å². The van der Waals surface area contributed by atoms with Crippen molar-refractivity contribution in [2.45, 2.75) is 37.8 Å². The highest BCUT2D eigenvalue weighted by Gasteiger charge is 2.37. The summed E-state index contributed by atoms with van der Waals surface area (Å²) in [5.74, 6) is -0.464. The average molecular weight is 337 g/mol. The molecule has 1 saturated heterocycles. The maximum absolute atomic E-state index is 14.1. The standard InChI is InChI=1S/C13H16BrClFNO/c1-13(6-2-3-7-18-13)12(17)8-4-5-9(14)10(15)11(8)16/h4-5,12H,2-3,6-7,17H2,1H3. The maximum Gasteiger partial charge on any atom is 0.147 e. The summed E-state index contributed by atoms with van der Waals surface area (Å²) < 4.78 is 20.4. The Morgan fingerprint density at radius 2 is 2.22 bits per heavy atom. The number of halogens is 3. The van der Waals surface area contributed by atoms with Crippen molar-refractivity contribution in [3.8, 4) is 0 Å². The Morgan fingerprint density at radius 3 is 2.83 bits per heavy atom. The molecule has 0 radical (unpaired) electrons. The Hall–Kier alpha value is -0.160. The minimum absolute atomic E-state index is 0.0716. The van der Waals surface area contributed by atoms with Crippen molar-refractivity contribution in [3.63, 3.8) is 0 Å². The molecule has 18 heavy (non-hydrogen) atoms. The Labute approximate surface area is 120 Å². The third-order valence-electron chi connectivity index (χ3n) is 3.56.